The topological polar surface area (TPSA) is 79.0 Å². The molecular formula is C14H16BrClN4O3. The fraction of sp³-hybridized carbons (Fsp3) is 0.429. The highest BCUT2D eigenvalue weighted by Gasteiger charge is 2.18. The van der Waals surface area contributed by atoms with Crippen LogP contribution in [-0.2, 0) is 16.1 Å². The van der Waals surface area contributed by atoms with Gasteiger partial charge in [0.1, 0.15) is 6.54 Å². The van der Waals surface area contributed by atoms with Gasteiger partial charge in [-0.3, -0.25) is 14.3 Å². The molecule has 0 saturated carbocycles. The first-order valence-corrected chi connectivity index (χ1v) is 7.99. The monoisotopic (exact) mass is 402 g/mol. The normalized spacial score (nSPS) is 10.9. The number of hydrogen-bond acceptors (Lipinski definition) is 5. The van der Waals surface area contributed by atoms with Crippen molar-refractivity contribution in [3.63, 3.8) is 0 Å². The van der Waals surface area contributed by atoms with Crippen LogP contribution in [0.5, 0.6) is 0 Å². The minimum Gasteiger partial charge on any atom is -0.454 e. The Kier molecular flexibility index (Phi) is 5.26. The van der Waals surface area contributed by atoms with Crippen molar-refractivity contribution in [3.05, 3.63) is 32.3 Å². The van der Waals surface area contributed by atoms with Crippen LogP contribution in [0.1, 0.15) is 27.6 Å². The Hall–Kier alpha value is -1.67. The van der Waals surface area contributed by atoms with E-state index in [1.807, 2.05) is 0 Å². The first kappa shape index (κ1) is 17.7. The number of rotatable bonds is 4. The van der Waals surface area contributed by atoms with Crippen LogP contribution in [0.2, 0.25) is 5.02 Å². The molecule has 9 heteroatoms. The van der Waals surface area contributed by atoms with Gasteiger partial charge in [0, 0.05) is 0 Å². The second-order valence-electron chi connectivity index (χ2n) is 5.09. The maximum atomic E-state index is 12.1. The molecule has 0 unspecified atom stereocenters. The summed E-state index contributed by atoms with van der Waals surface area (Å²) in [7, 11) is 0. The number of ether oxygens (including phenoxy) is 1. The van der Waals surface area contributed by atoms with Crippen LogP contribution in [0.25, 0.3) is 0 Å². The summed E-state index contributed by atoms with van der Waals surface area (Å²) in [6.45, 7) is 6.55. The second kappa shape index (κ2) is 6.84. The fourth-order valence-electron chi connectivity index (χ4n) is 2.07. The summed E-state index contributed by atoms with van der Waals surface area (Å²) in [6, 6.07) is 0. The van der Waals surface area contributed by atoms with E-state index in [1.54, 1.807) is 27.7 Å². The SMILES string of the molecule is Cc1nn(CC(=O)OCC(=O)n2nc(C)c(Br)c2C)c(C)c1Cl. The van der Waals surface area contributed by atoms with E-state index in [0.717, 1.165) is 4.47 Å². The molecule has 0 aromatic carbocycles. The van der Waals surface area contributed by atoms with Gasteiger partial charge in [-0.15, -0.1) is 0 Å². The molecule has 0 fully saturated rings. The summed E-state index contributed by atoms with van der Waals surface area (Å²) < 4.78 is 8.42. The molecule has 0 bridgehead atoms. The predicted octanol–water partition coefficient (Wildman–Crippen LogP) is 2.61. The molecule has 0 aliphatic rings. The van der Waals surface area contributed by atoms with Crippen molar-refractivity contribution in [2.45, 2.75) is 34.2 Å². The highest BCUT2D eigenvalue weighted by molar-refractivity contribution is 9.10. The summed E-state index contributed by atoms with van der Waals surface area (Å²) in [4.78, 5) is 23.9. The van der Waals surface area contributed by atoms with Crippen LogP contribution < -0.4 is 0 Å². The Bertz CT molecular complexity index is 782. The molecule has 7 nitrogen and oxygen atoms in total. The van der Waals surface area contributed by atoms with Crippen LogP contribution in [0.4, 0.5) is 0 Å². The fourth-order valence-corrected chi connectivity index (χ4v) is 2.45. The average Bonchev–Trinajstić information content (AvgIpc) is 2.90. The van der Waals surface area contributed by atoms with Crippen LogP contribution in [0.15, 0.2) is 4.47 Å². The molecule has 23 heavy (non-hydrogen) atoms. The molecule has 2 heterocycles. The van der Waals surface area contributed by atoms with E-state index in [2.05, 4.69) is 26.1 Å². The highest BCUT2D eigenvalue weighted by atomic mass is 79.9. The van der Waals surface area contributed by atoms with Crippen LogP contribution in [0.3, 0.4) is 0 Å². The molecule has 0 spiro atoms. The van der Waals surface area contributed by atoms with E-state index in [1.165, 1.54) is 9.36 Å². The van der Waals surface area contributed by atoms with Gasteiger partial charge in [-0.2, -0.15) is 10.2 Å². The van der Waals surface area contributed by atoms with E-state index in [0.29, 0.717) is 27.8 Å². The smallest absolute Gasteiger partial charge is 0.328 e. The number of carbonyl (C=O) groups is 2. The summed E-state index contributed by atoms with van der Waals surface area (Å²) >= 11 is 9.36. The van der Waals surface area contributed by atoms with Crippen molar-refractivity contribution in [2.24, 2.45) is 0 Å². The molecule has 2 rings (SSSR count). The van der Waals surface area contributed by atoms with Crippen molar-refractivity contribution in [2.75, 3.05) is 6.61 Å². The molecule has 0 aliphatic heterocycles. The van der Waals surface area contributed by atoms with Crippen LogP contribution >= 0.6 is 27.5 Å². The zero-order valence-electron chi connectivity index (χ0n) is 13.2. The lowest BCUT2D eigenvalue weighted by Crippen LogP contribution is -2.24. The summed E-state index contributed by atoms with van der Waals surface area (Å²) in [6.07, 6.45) is 0. The molecule has 0 saturated heterocycles. The van der Waals surface area contributed by atoms with E-state index in [9.17, 15) is 9.59 Å². The van der Waals surface area contributed by atoms with E-state index >= 15 is 0 Å². The third-order valence-electron chi connectivity index (χ3n) is 3.37. The molecule has 0 N–H and O–H groups in total. The van der Waals surface area contributed by atoms with Gasteiger partial charge in [-0.25, -0.2) is 4.68 Å². The van der Waals surface area contributed by atoms with Gasteiger partial charge < -0.3 is 4.74 Å². The molecule has 0 atom stereocenters. The molecular weight excluding hydrogens is 388 g/mol. The van der Waals surface area contributed by atoms with Gasteiger partial charge in [0.25, 0.3) is 5.91 Å². The first-order valence-electron chi connectivity index (χ1n) is 6.82. The van der Waals surface area contributed by atoms with Gasteiger partial charge in [-0.1, -0.05) is 11.6 Å². The Morgan fingerprint density at radius 1 is 1.13 bits per heavy atom. The lowest BCUT2D eigenvalue weighted by molar-refractivity contribution is -0.143. The van der Waals surface area contributed by atoms with Crippen molar-refractivity contribution < 1.29 is 14.3 Å². The largest absolute Gasteiger partial charge is 0.454 e. The van der Waals surface area contributed by atoms with Crippen molar-refractivity contribution in [3.8, 4) is 0 Å². The number of aromatic nitrogens is 4. The number of carbonyl (C=O) groups excluding carboxylic acids is 2. The minimum atomic E-state index is -0.568. The van der Waals surface area contributed by atoms with Gasteiger partial charge >= 0.3 is 5.97 Å². The Morgan fingerprint density at radius 2 is 1.78 bits per heavy atom. The maximum absolute atomic E-state index is 12.1. The number of halogens is 2. The van der Waals surface area contributed by atoms with Gasteiger partial charge in [-0.05, 0) is 43.6 Å². The van der Waals surface area contributed by atoms with E-state index in [-0.39, 0.29) is 13.2 Å². The molecule has 0 amide bonds. The van der Waals surface area contributed by atoms with Gasteiger partial charge in [0.2, 0.25) is 0 Å². The summed E-state index contributed by atoms with van der Waals surface area (Å²) in [5, 5.41) is 8.75. The zero-order valence-corrected chi connectivity index (χ0v) is 15.5. The Labute approximate surface area is 146 Å². The van der Waals surface area contributed by atoms with Crippen molar-refractivity contribution in [1.29, 1.82) is 0 Å². The predicted molar refractivity (Wildman–Crippen MR) is 87.7 cm³/mol. The number of esters is 1. The molecule has 124 valence electrons. The zero-order chi connectivity index (χ0) is 17.3. The number of aryl methyl sites for hydroxylation is 2. The quantitative estimate of drug-likeness (QED) is 0.733. The lowest BCUT2D eigenvalue weighted by Gasteiger charge is -2.07. The second-order valence-corrected chi connectivity index (χ2v) is 6.26. The maximum Gasteiger partial charge on any atom is 0.328 e. The van der Waals surface area contributed by atoms with Gasteiger partial charge in [0.15, 0.2) is 6.61 Å². The third kappa shape index (κ3) is 3.64. The summed E-state index contributed by atoms with van der Waals surface area (Å²) in [5.41, 5.74) is 2.67. The van der Waals surface area contributed by atoms with Crippen molar-refractivity contribution >= 4 is 39.4 Å². The Morgan fingerprint density at radius 3 is 2.26 bits per heavy atom. The standard InChI is InChI=1S/C14H16BrClN4O3/c1-7-13(15)9(3)20(18-7)11(21)6-23-12(22)5-19-10(4)14(16)8(2)17-19/h5-6H2,1-4H3. The van der Waals surface area contributed by atoms with Crippen LogP contribution in [0, 0.1) is 27.7 Å². The highest BCUT2D eigenvalue weighted by Crippen LogP contribution is 2.20. The third-order valence-corrected chi connectivity index (χ3v) is 5.06. The molecule has 2 aromatic heterocycles. The minimum absolute atomic E-state index is 0.104. The Balaban J connectivity index is 1.97. The number of hydrogen-bond donors (Lipinski definition) is 0. The van der Waals surface area contributed by atoms with Crippen LogP contribution in [-0.4, -0.2) is 38.0 Å². The first-order chi connectivity index (χ1) is 10.7. The average molecular weight is 404 g/mol. The lowest BCUT2D eigenvalue weighted by atomic mass is 10.4. The van der Waals surface area contributed by atoms with E-state index < -0.39 is 11.9 Å². The molecule has 0 radical (unpaired) electrons. The van der Waals surface area contributed by atoms with Crippen molar-refractivity contribution in [1.82, 2.24) is 19.6 Å². The van der Waals surface area contributed by atoms with E-state index in [4.69, 9.17) is 16.3 Å². The molecule has 0 aliphatic carbocycles. The number of nitrogens with zero attached hydrogens (tertiary/aromatic N) is 4. The summed E-state index contributed by atoms with van der Waals surface area (Å²) in [5.74, 6) is -0.989. The van der Waals surface area contributed by atoms with Gasteiger partial charge in [0.05, 0.1) is 32.3 Å². The molecule has 2 aromatic rings.